The average Bonchev–Trinajstić information content (AvgIpc) is 2.75. The van der Waals surface area contributed by atoms with Gasteiger partial charge in [0.2, 0.25) is 5.91 Å². The Morgan fingerprint density at radius 2 is 2.19 bits per heavy atom. The van der Waals surface area contributed by atoms with E-state index < -0.39 is 9.84 Å². The van der Waals surface area contributed by atoms with Gasteiger partial charge in [-0.15, -0.1) is 0 Å². The molecule has 2 rings (SSSR count). The lowest BCUT2D eigenvalue weighted by Gasteiger charge is -2.12. The molecule has 1 aromatic rings. The number of rotatable bonds is 5. The lowest BCUT2D eigenvalue weighted by atomic mass is 10.1. The van der Waals surface area contributed by atoms with Crippen LogP contribution in [0.25, 0.3) is 0 Å². The molecule has 1 aliphatic rings. The van der Waals surface area contributed by atoms with Gasteiger partial charge in [-0.1, -0.05) is 0 Å². The van der Waals surface area contributed by atoms with Crippen molar-refractivity contribution in [2.75, 3.05) is 29.9 Å². The molecule has 1 amide bonds. The molecule has 5 nitrogen and oxygen atoms in total. The maximum absolute atomic E-state index is 12.9. The van der Waals surface area contributed by atoms with E-state index in [4.69, 9.17) is 0 Å². The standard InChI is InChI=1S/C14H19FN2O3S/c1-10-6-12(15)2-3-13(10)16-8-14(18)17-7-11-4-5-21(19,20)9-11/h2-3,6,11,16H,4-5,7-9H2,1H3,(H,17,18)/t11-/m1/s1. The first-order valence-corrected chi connectivity index (χ1v) is 8.65. The molecule has 7 heteroatoms. The number of sulfone groups is 1. The van der Waals surface area contributed by atoms with Crippen LogP contribution < -0.4 is 10.6 Å². The van der Waals surface area contributed by atoms with Gasteiger partial charge >= 0.3 is 0 Å². The van der Waals surface area contributed by atoms with Gasteiger partial charge in [-0.05, 0) is 43.0 Å². The summed E-state index contributed by atoms with van der Waals surface area (Å²) in [7, 11) is -2.91. The molecule has 1 heterocycles. The summed E-state index contributed by atoms with van der Waals surface area (Å²) in [4.78, 5) is 11.7. The van der Waals surface area contributed by atoms with Gasteiger partial charge < -0.3 is 10.6 Å². The minimum atomic E-state index is -2.91. The third-order valence-corrected chi connectivity index (χ3v) is 5.38. The van der Waals surface area contributed by atoms with Crippen molar-refractivity contribution in [1.29, 1.82) is 0 Å². The van der Waals surface area contributed by atoms with Gasteiger partial charge in [0, 0.05) is 12.2 Å². The van der Waals surface area contributed by atoms with Crippen molar-refractivity contribution in [3.63, 3.8) is 0 Å². The second-order valence-electron chi connectivity index (χ2n) is 5.39. The number of halogens is 1. The Bertz CT molecular complexity index is 631. The van der Waals surface area contributed by atoms with E-state index in [1.807, 2.05) is 0 Å². The van der Waals surface area contributed by atoms with Crippen molar-refractivity contribution in [3.05, 3.63) is 29.6 Å². The minimum absolute atomic E-state index is 0.00603. The number of amides is 1. The van der Waals surface area contributed by atoms with Crippen LogP contribution in [0.5, 0.6) is 0 Å². The summed E-state index contributed by atoms with van der Waals surface area (Å²) in [6.07, 6.45) is 0.604. The molecule has 1 aliphatic heterocycles. The molecule has 2 N–H and O–H groups in total. The van der Waals surface area contributed by atoms with Gasteiger partial charge in [-0.2, -0.15) is 0 Å². The summed E-state index contributed by atoms with van der Waals surface area (Å²) >= 11 is 0. The Hall–Kier alpha value is -1.63. The normalized spacial score (nSPS) is 20.2. The van der Waals surface area contributed by atoms with Gasteiger partial charge in [0.15, 0.2) is 9.84 Å². The van der Waals surface area contributed by atoms with Gasteiger partial charge in [0.25, 0.3) is 0 Å². The average molecular weight is 314 g/mol. The zero-order valence-electron chi connectivity index (χ0n) is 11.9. The van der Waals surface area contributed by atoms with Gasteiger partial charge in [0.1, 0.15) is 5.82 Å². The highest BCUT2D eigenvalue weighted by molar-refractivity contribution is 7.91. The topological polar surface area (TPSA) is 75.3 Å². The van der Waals surface area contributed by atoms with Crippen molar-refractivity contribution in [2.45, 2.75) is 13.3 Å². The zero-order chi connectivity index (χ0) is 15.5. The lowest BCUT2D eigenvalue weighted by molar-refractivity contribution is -0.119. The Labute approximate surface area is 123 Å². The van der Waals surface area contributed by atoms with Crippen molar-refractivity contribution in [1.82, 2.24) is 5.32 Å². The summed E-state index contributed by atoms with van der Waals surface area (Å²) in [6.45, 7) is 2.21. The fraction of sp³-hybridized carbons (Fsp3) is 0.500. The van der Waals surface area contributed by atoms with Crippen LogP contribution in [0.3, 0.4) is 0 Å². The van der Waals surface area contributed by atoms with Crippen molar-refractivity contribution in [3.8, 4) is 0 Å². The number of hydrogen-bond acceptors (Lipinski definition) is 4. The van der Waals surface area contributed by atoms with Crippen molar-refractivity contribution in [2.24, 2.45) is 5.92 Å². The number of carbonyl (C=O) groups is 1. The van der Waals surface area contributed by atoms with E-state index in [-0.39, 0.29) is 35.7 Å². The Morgan fingerprint density at radius 3 is 2.81 bits per heavy atom. The lowest BCUT2D eigenvalue weighted by Crippen LogP contribution is -2.34. The summed E-state index contributed by atoms with van der Waals surface area (Å²) < 4.78 is 35.6. The zero-order valence-corrected chi connectivity index (χ0v) is 12.7. The molecule has 0 radical (unpaired) electrons. The monoisotopic (exact) mass is 314 g/mol. The van der Waals surface area contributed by atoms with Crippen LogP contribution in [0.1, 0.15) is 12.0 Å². The van der Waals surface area contributed by atoms with Gasteiger partial charge in [-0.25, -0.2) is 12.8 Å². The summed E-state index contributed by atoms with van der Waals surface area (Å²) in [5, 5.41) is 5.66. The molecule has 1 aromatic carbocycles. The molecule has 116 valence electrons. The van der Waals surface area contributed by atoms with E-state index in [9.17, 15) is 17.6 Å². The van der Waals surface area contributed by atoms with Gasteiger partial charge in [0.05, 0.1) is 18.1 Å². The van der Waals surface area contributed by atoms with Crippen LogP contribution >= 0.6 is 0 Å². The van der Waals surface area contributed by atoms with Crippen molar-refractivity contribution < 1.29 is 17.6 Å². The minimum Gasteiger partial charge on any atom is -0.376 e. The molecule has 1 fully saturated rings. The number of benzene rings is 1. The number of aryl methyl sites for hydroxylation is 1. The number of nitrogens with one attached hydrogen (secondary N) is 2. The number of carbonyl (C=O) groups excluding carboxylic acids is 1. The van der Waals surface area contributed by atoms with Crippen molar-refractivity contribution >= 4 is 21.4 Å². The molecule has 0 aliphatic carbocycles. The van der Waals surface area contributed by atoms with Crippen LogP contribution in [-0.4, -0.2) is 38.9 Å². The smallest absolute Gasteiger partial charge is 0.239 e. The second kappa shape index (κ2) is 6.43. The Balaban J connectivity index is 1.75. The van der Waals surface area contributed by atoms with Crippen LogP contribution in [-0.2, 0) is 14.6 Å². The quantitative estimate of drug-likeness (QED) is 0.853. The number of anilines is 1. The van der Waals surface area contributed by atoms with Crippen LogP contribution in [0, 0.1) is 18.7 Å². The molecule has 0 aromatic heterocycles. The third kappa shape index (κ3) is 4.70. The van der Waals surface area contributed by atoms with E-state index in [1.54, 1.807) is 13.0 Å². The Morgan fingerprint density at radius 1 is 1.43 bits per heavy atom. The second-order valence-corrected chi connectivity index (χ2v) is 7.61. The molecule has 0 spiro atoms. The predicted octanol–water partition coefficient (Wildman–Crippen LogP) is 1.10. The first-order chi connectivity index (χ1) is 9.85. The van der Waals surface area contributed by atoms with Crippen LogP contribution in [0.2, 0.25) is 0 Å². The molecule has 1 atom stereocenters. The van der Waals surface area contributed by atoms with E-state index >= 15 is 0 Å². The molecule has 0 saturated carbocycles. The van der Waals surface area contributed by atoms with E-state index in [1.165, 1.54) is 12.1 Å². The Kier molecular flexibility index (Phi) is 4.82. The van der Waals surface area contributed by atoms with E-state index in [0.717, 1.165) is 5.56 Å². The third-order valence-electron chi connectivity index (χ3n) is 3.54. The van der Waals surface area contributed by atoms with Crippen LogP contribution in [0.4, 0.5) is 10.1 Å². The summed E-state index contributed by atoms with van der Waals surface area (Å²) in [6, 6.07) is 4.31. The summed E-state index contributed by atoms with van der Waals surface area (Å²) in [5.41, 5.74) is 1.43. The highest BCUT2D eigenvalue weighted by atomic mass is 32.2. The largest absolute Gasteiger partial charge is 0.376 e. The number of hydrogen-bond donors (Lipinski definition) is 2. The summed E-state index contributed by atoms with van der Waals surface area (Å²) in [5.74, 6) is -0.155. The fourth-order valence-electron chi connectivity index (χ4n) is 2.35. The maximum Gasteiger partial charge on any atom is 0.239 e. The highest BCUT2D eigenvalue weighted by Crippen LogP contribution is 2.17. The SMILES string of the molecule is Cc1cc(F)ccc1NCC(=O)NC[C@H]1CCS(=O)(=O)C1. The molecule has 21 heavy (non-hydrogen) atoms. The predicted molar refractivity (Wildman–Crippen MR) is 79.4 cm³/mol. The highest BCUT2D eigenvalue weighted by Gasteiger charge is 2.27. The maximum atomic E-state index is 12.9. The molecule has 0 bridgehead atoms. The molecular formula is C14H19FN2O3S. The van der Waals surface area contributed by atoms with Crippen LogP contribution in [0.15, 0.2) is 18.2 Å². The first kappa shape index (κ1) is 15.8. The molecule has 1 saturated heterocycles. The van der Waals surface area contributed by atoms with E-state index in [2.05, 4.69) is 10.6 Å². The van der Waals surface area contributed by atoms with E-state index in [0.29, 0.717) is 18.7 Å². The van der Waals surface area contributed by atoms with Gasteiger partial charge in [-0.3, -0.25) is 4.79 Å². The molecule has 0 unspecified atom stereocenters. The molecular weight excluding hydrogens is 295 g/mol. The fourth-order valence-corrected chi connectivity index (χ4v) is 4.22. The first-order valence-electron chi connectivity index (χ1n) is 6.83.